The molecule has 0 aromatic carbocycles. The van der Waals surface area contributed by atoms with Crippen LogP contribution >= 0.6 is 0 Å². The van der Waals surface area contributed by atoms with Gasteiger partial charge >= 0.3 is 0 Å². The molecule has 11 saturated heterocycles. The van der Waals surface area contributed by atoms with Crippen molar-refractivity contribution >= 4 is 29.5 Å². The zero-order valence-corrected chi connectivity index (χ0v) is 73.7. The van der Waals surface area contributed by atoms with Gasteiger partial charge in [0.05, 0.1) is 66.1 Å². The van der Waals surface area contributed by atoms with E-state index in [-0.39, 0.29) is 0 Å². The molecule has 137 heavy (non-hydrogen) atoms. The molecule has 11 rings (SSSR count). The highest BCUT2D eigenvalue weighted by atomic mass is 16.8. The molecule has 0 radical (unpaired) electrons. The van der Waals surface area contributed by atoms with E-state index < -0.39 is 440 Å². The van der Waals surface area contributed by atoms with Gasteiger partial charge in [-0.1, -0.05) is 0 Å². The van der Waals surface area contributed by atoms with Crippen molar-refractivity contribution in [2.24, 2.45) is 5.73 Å². The van der Waals surface area contributed by atoms with Gasteiger partial charge in [0.25, 0.3) is 0 Å². The number of hydrogen-bond donors (Lipinski definition) is 35. The third-order valence-corrected chi connectivity index (χ3v) is 25.0. The van der Waals surface area contributed by atoms with E-state index in [1.807, 2.05) is 0 Å². The van der Waals surface area contributed by atoms with E-state index in [1.165, 1.54) is 0 Å². The topological polar surface area (TPSA) is 952 Å². The molecule has 0 aromatic heterocycles. The summed E-state index contributed by atoms with van der Waals surface area (Å²) in [7, 11) is 0. The Morgan fingerprint density at radius 2 is 0.438 bits per heavy atom. The molecule has 11 aliphatic rings. The summed E-state index contributed by atoms with van der Waals surface area (Å²) in [5.41, 5.74) is 5.73. The second kappa shape index (κ2) is 49.5. The molecule has 0 saturated carbocycles. The number of ether oxygens (including phenoxy) is 21. The van der Waals surface area contributed by atoms with Gasteiger partial charge in [-0.05, 0) is 0 Å². The number of nitrogens with two attached hydrogens (primary N) is 1. The first-order chi connectivity index (χ1) is 64.9. The fourth-order valence-electron chi connectivity index (χ4n) is 17.9. The Kier molecular flexibility index (Phi) is 40.7. The van der Waals surface area contributed by atoms with Gasteiger partial charge < -0.3 is 280 Å². The zero-order valence-electron chi connectivity index (χ0n) is 73.7. The number of carbonyl (C=O) groups excluding carboxylic acids is 5. The molecule has 55 atom stereocenters. The van der Waals surface area contributed by atoms with Gasteiger partial charge in [-0.2, -0.15) is 0 Å². The summed E-state index contributed by atoms with van der Waals surface area (Å²) in [6.07, 6.45) is -108. The lowest BCUT2D eigenvalue weighted by molar-refractivity contribution is -0.406. The first-order valence-corrected chi connectivity index (χ1v) is 43.7. The average Bonchev–Trinajstić information content (AvgIpc) is 0.747. The van der Waals surface area contributed by atoms with E-state index in [4.69, 9.17) is 105 Å². The quantitative estimate of drug-likeness (QED) is 0.0277. The third kappa shape index (κ3) is 25.0. The number of hydrogen-bond acceptors (Lipinski definition) is 56. The Hall–Kier alpha value is -4.69. The second-order valence-corrected chi connectivity index (χ2v) is 34.6. The van der Waals surface area contributed by atoms with Gasteiger partial charge in [0.15, 0.2) is 69.2 Å². The number of amides is 5. The van der Waals surface area contributed by atoms with Crippen LogP contribution in [0.15, 0.2) is 0 Å². The van der Waals surface area contributed by atoms with Crippen molar-refractivity contribution in [1.82, 2.24) is 26.6 Å². The van der Waals surface area contributed by atoms with Gasteiger partial charge in [-0.15, -0.1) is 0 Å². The van der Waals surface area contributed by atoms with E-state index in [0.29, 0.717) is 0 Å². The minimum absolute atomic E-state index is 0.473. The van der Waals surface area contributed by atoms with Gasteiger partial charge in [0.1, 0.15) is 268 Å². The summed E-state index contributed by atoms with van der Waals surface area (Å²) in [5.74, 6) is -4.87. The van der Waals surface area contributed by atoms with Crippen molar-refractivity contribution in [2.75, 3.05) is 72.6 Å². The van der Waals surface area contributed by atoms with Crippen LogP contribution in [0.3, 0.4) is 0 Å². The normalized spacial score (nSPS) is 48.9. The maximum atomic E-state index is 13.4. The Bertz CT molecular complexity index is 3780. The second-order valence-electron chi connectivity index (χ2n) is 34.6. The maximum Gasteiger partial charge on any atom is 0.217 e. The third-order valence-electron chi connectivity index (χ3n) is 25.0. The summed E-state index contributed by atoms with van der Waals surface area (Å²) in [5, 5.41) is 340. The number of aliphatic hydroxyl groups is 29. The van der Waals surface area contributed by atoms with E-state index >= 15 is 0 Å². The van der Waals surface area contributed by atoms with Crippen LogP contribution in [0.4, 0.5) is 0 Å². The molecular formula is C76H128N6O55. The SMILES string of the molecule is CC(=O)N[C@H]1[C@H](O[C@H]2[C@H](O)[C@@H](NC(C)=O)C(O)O[C@@H]2CO)O[C@H](CO)[C@@H](O[C@@H]2O[C@H](CO[C@H]3O[C@H](CO)[C@@H](O)[C@H](O)[C@@H]3O[C@@H]3O[C@H](CO)[C@@H](O[C@@H]4O[C@H](CN)[C@H](O)[C@H](O)[C@H]4O)[C@H](O)[C@H]3NC(C)=O)[C@@H](O)[C@H](O[C@H]3O[C@H](CO)[C@@H](O[C@@H]4O[C@H](CO)[C@@H](O[C@@H]5O[C@H](CO)[C@H](O)[C@H](O)[C@H]5O)[C@H](O)[C@H]4NC(C)=O)[C@H](O)[C@@H]3O[C@@H]3O[C@H](CO)[C@@H](O[C@@H]4O[C@H](CO)[C@H](O)[C@H](O)[C@H]4O)[C@H](O)[C@H]3NC(C)=O)[C@@H]2O)[C@@H]1O. The maximum absolute atomic E-state index is 13.4. The first-order valence-electron chi connectivity index (χ1n) is 43.7. The molecule has 1 unspecified atom stereocenters. The van der Waals surface area contributed by atoms with Crippen LogP contribution in [-0.4, -0.2) is 588 Å². The molecule has 36 N–H and O–H groups in total. The standard InChI is InChI=1S/C76H128N6O55/c1-17(92)78-33-43(102)57(26(10-86)118-66(33)116)129-67-34(79-18(2)93)45(104)61(30(14-90)123-67)134-74-56(115)63(42(101)32(128-74)16-117-75-64(51(110)41(100)25(9-85)122-75)136-69-36(81-20(4)95)46(105)58(28(12-88)125-69)131-71-52(111)48(107)38(97)22(6-77)119-71)135-76-65(137-70-37(82-21(5)96)47(106)60(29(13-89)126-70)133-73-54(113)50(109)40(99)24(8-84)121-73)55(114)62(31(15-91)127-76)130-68-35(80-19(3)94)44(103)59(27(11-87)124-68)132-72-53(112)49(108)39(98)23(7-83)120-72/h22-76,83-91,97-116H,6-16,77H2,1-5H3,(H,78,92)(H,79,93)(H,80,94)(H,81,95)(H,82,96)/t22-,23-,24-,25-,26-,27-,28-,29-,30-,31-,32-,33-,34-,35-,36-,37-,38+,39+,40+,41-,42-,43-,44-,45-,46-,47-,48+,49+,50+,51+,52-,53-,54-,55+,56+,57-,58-,59-,60-,61-,62-,63+,64+,65+,66?,67+,68+,69+,70+,71+,72+,73+,74+,75+,76-/m1/s1. The number of carbonyl (C=O) groups is 5. The molecule has 11 heterocycles. The number of rotatable bonds is 36. The van der Waals surface area contributed by atoms with Crippen molar-refractivity contribution in [3.05, 3.63) is 0 Å². The van der Waals surface area contributed by atoms with Crippen molar-refractivity contribution in [1.29, 1.82) is 0 Å². The van der Waals surface area contributed by atoms with Crippen LogP contribution in [0.2, 0.25) is 0 Å². The van der Waals surface area contributed by atoms with Gasteiger partial charge in [0.2, 0.25) is 29.5 Å². The smallest absolute Gasteiger partial charge is 0.217 e. The molecular weight excluding hydrogens is 1880 g/mol. The Morgan fingerprint density at radius 3 is 0.759 bits per heavy atom. The number of aliphatic hydroxyl groups excluding tert-OH is 29. The lowest BCUT2D eigenvalue weighted by Crippen LogP contribution is -2.71. The van der Waals surface area contributed by atoms with Crippen LogP contribution < -0.4 is 32.3 Å². The largest absolute Gasteiger partial charge is 0.394 e. The first kappa shape index (κ1) is 113. The van der Waals surface area contributed by atoms with E-state index in [1.54, 1.807) is 0 Å². The van der Waals surface area contributed by atoms with Gasteiger partial charge in [-0.25, -0.2) is 0 Å². The highest BCUT2D eigenvalue weighted by Gasteiger charge is 2.63. The monoisotopic (exact) mass is 2000 g/mol. The van der Waals surface area contributed by atoms with Crippen molar-refractivity contribution in [3.63, 3.8) is 0 Å². The molecule has 0 bridgehead atoms. The lowest BCUT2D eigenvalue weighted by Gasteiger charge is -2.52. The van der Waals surface area contributed by atoms with Gasteiger partial charge in [0, 0.05) is 41.2 Å². The molecule has 0 aromatic rings. The summed E-state index contributed by atoms with van der Waals surface area (Å²) in [6.45, 7) is -7.79. The highest BCUT2D eigenvalue weighted by Crippen LogP contribution is 2.42. The van der Waals surface area contributed by atoms with Crippen LogP contribution in [0.25, 0.3) is 0 Å². The lowest BCUT2D eigenvalue weighted by atomic mass is 9.93. The molecule has 11 fully saturated rings. The Morgan fingerprint density at radius 1 is 0.212 bits per heavy atom. The molecule has 0 aliphatic carbocycles. The predicted molar refractivity (Wildman–Crippen MR) is 422 cm³/mol. The predicted octanol–water partition coefficient (Wildman–Crippen LogP) is -24.3. The molecule has 0 spiro atoms. The average molecular weight is 2010 g/mol. The van der Waals surface area contributed by atoms with Crippen LogP contribution in [0, 0.1) is 0 Å². The highest BCUT2D eigenvalue weighted by molar-refractivity contribution is 5.75. The van der Waals surface area contributed by atoms with E-state index in [0.717, 1.165) is 34.6 Å². The van der Waals surface area contributed by atoms with E-state index in [9.17, 15) is 172 Å². The fourth-order valence-corrected chi connectivity index (χ4v) is 17.9. The minimum atomic E-state index is -2.75. The summed E-state index contributed by atoms with van der Waals surface area (Å²) < 4.78 is 127. The minimum Gasteiger partial charge on any atom is -0.394 e. The fraction of sp³-hybridized carbons (Fsp3) is 0.934. The molecule has 11 aliphatic heterocycles. The van der Waals surface area contributed by atoms with Gasteiger partial charge in [-0.3, -0.25) is 24.0 Å². The molecule has 61 heteroatoms. The summed E-state index contributed by atoms with van der Waals surface area (Å²) >= 11 is 0. The summed E-state index contributed by atoms with van der Waals surface area (Å²) in [6, 6.07) is -9.87. The van der Waals surface area contributed by atoms with Crippen LogP contribution in [0.5, 0.6) is 0 Å². The van der Waals surface area contributed by atoms with Crippen LogP contribution in [-0.2, 0) is 123 Å². The zero-order chi connectivity index (χ0) is 101. The molecule has 61 nitrogen and oxygen atoms in total. The Labute approximate surface area is 775 Å². The Balaban J connectivity index is 0.983. The molecule has 792 valence electrons. The molecule has 5 amide bonds. The van der Waals surface area contributed by atoms with Crippen molar-refractivity contribution in [2.45, 2.75) is 372 Å². The van der Waals surface area contributed by atoms with Crippen molar-refractivity contribution < 1.29 is 272 Å². The summed E-state index contributed by atoms with van der Waals surface area (Å²) in [4.78, 5) is 65.2. The van der Waals surface area contributed by atoms with E-state index in [2.05, 4.69) is 26.6 Å². The van der Waals surface area contributed by atoms with Crippen LogP contribution in [0.1, 0.15) is 34.6 Å². The number of nitrogens with one attached hydrogen (secondary N) is 5. The van der Waals surface area contributed by atoms with Crippen molar-refractivity contribution in [3.8, 4) is 0 Å².